The van der Waals surface area contributed by atoms with Crippen LogP contribution in [0.4, 0.5) is 4.79 Å². The van der Waals surface area contributed by atoms with Crippen LogP contribution in [0.2, 0.25) is 0 Å². The van der Waals surface area contributed by atoms with Crippen LogP contribution in [-0.2, 0) is 14.3 Å². The van der Waals surface area contributed by atoms with Crippen molar-refractivity contribution in [2.45, 2.75) is 44.4 Å². The fourth-order valence-electron chi connectivity index (χ4n) is 5.46. The summed E-state index contributed by atoms with van der Waals surface area (Å²) in [6.07, 6.45) is 4.57. The Morgan fingerprint density at radius 3 is 2.17 bits per heavy atom. The van der Waals surface area contributed by atoms with Gasteiger partial charge in [0.05, 0.1) is 0 Å². The highest BCUT2D eigenvalue weighted by Gasteiger charge is 2.41. The van der Waals surface area contributed by atoms with E-state index in [1.807, 2.05) is 24.3 Å². The van der Waals surface area contributed by atoms with Crippen molar-refractivity contribution in [2.24, 2.45) is 11.3 Å². The van der Waals surface area contributed by atoms with Crippen molar-refractivity contribution in [2.75, 3.05) is 26.2 Å². The fraction of sp³-hybridized carbons (Fsp3) is 0.464. The van der Waals surface area contributed by atoms with Crippen LogP contribution in [0.1, 0.15) is 55.6 Å². The highest BCUT2D eigenvalue weighted by Crippen LogP contribution is 2.45. The quantitative estimate of drug-likeness (QED) is 0.530. The average Bonchev–Trinajstić information content (AvgIpc) is 3.59. The van der Waals surface area contributed by atoms with E-state index < -0.39 is 12.1 Å². The lowest BCUT2D eigenvalue weighted by Gasteiger charge is -2.42. The molecule has 0 atom stereocenters. The van der Waals surface area contributed by atoms with E-state index >= 15 is 0 Å². The number of aliphatic carboxylic acids is 1. The lowest BCUT2D eigenvalue weighted by Crippen LogP contribution is -2.47. The summed E-state index contributed by atoms with van der Waals surface area (Å²) in [5.41, 5.74) is 4.37. The Morgan fingerprint density at radius 2 is 1.63 bits per heavy atom. The summed E-state index contributed by atoms with van der Waals surface area (Å²) in [5.74, 6) is -0.694. The van der Waals surface area contributed by atoms with Gasteiger partial charge in [-0.25, -0.2) is 4.79 Å². The minimum Gasteiger partial charge on any atom is -0.480 e. The molecule has 184 valence electrons. The number of ether oxygens (including phenoxy) is 1. The van der Waals surface area contributed by atoms with Crippen LogP contribution < -0.4 is 5.32 Å². The maximum atomic E-state index is 12.9. The second kappa shape index (κ2) is 9.72. The van der Waals surface area contributed by atoms with Gasteiger partial charge in [0, 0.05) is 25.4 Å². The molecule has 0 spiro atoms. The molecule has 0 radical (unpaired) electrons. The minimum absolute atomic E-state index is 0.000563. The Morgan fingerprint density at radius 1 is 1.00 bits per heavy atom. The maximum absolute atomic E-state index is 12.9. The van der Waals surface area contributed by atoms with Crippen LogP contribution in [0.5, 0.6) is 0 Å². The summed E-state index contributed by atoms with van der Waals surface area (Å²) in [6, 6.07) is 16.4. The number of benzene rings is 2. The zero-order chi connectivity index (χ0) is 24.4. The standard InChI is InChI=1S/C28H32N2O5/c31-25(30(16-26(32)33)15-19-10-11-19)14-28(12-5-13-28)18-29-27(34)35-17-24-22-8-3-1-6-20(22)21-7-2-4-9-23(21)24/h1-4,6-9,19,24H,5,10-18H2,(H,29,34)(H,32,33). The molecule has 0 aromatic heterocycles. The van der Waals surface area contributed by atoms with Crippen molar-refractivity contribution in [3.63, 3.8) is 0 Å². The maximum Gasteiger partial charge on any atom is 0.407 e. The van der Waals surface area contributed by atoms with Crippen molar-refractivity contribution in [1.29, 1.82) is 0 Å². The van der Waals surface area contributed by atoms with Gasteiger partial charge in [-0.1, -0.05) is 55.0 Å². The van der Waals surface area contributed by atoms with E-state index in [9.17, 15) is 19.5 Å². The number of fused-ring (bicyclic) bond motifs is 3. The molecule has 0 saturated heterocycles. The molecular weight excluding hydrogens is 444 g/mol. The monoisotopic (exact) mass is 476 g/mol. The molecule has 2 aromatic carbocycles. The third-order valence-corrected chi connectivity index (χ3v) is 7.75. The molecule has 7 nitrogen and oxygen atoms in total. The number of alkyl carbamates (subject to hydrolysis) is 1. The SMILES string of the molecule is O=C(O)CN(CC1CC1)C(=O)CC1(CNC(=O)OCC2c3ccccc3-c3ccccc32)CCC1. The molecule has 0 unspecified atom stereocenters. The van der Waals surface area contributed by atoms with Gasteiger partial charge >= 0.3 is 12.1 Å². The normalized spacial score (nSPS) is 17.6. The summed E-state index contributed by atoms with van der Waals surface area (Å²) in [6.45, 7) is 0.867. The highest BCUT2D eigenvalue weighted by atomic mass is 16.5. The Balaban J connectivity index is 1.16. The highest BCUT2D eigenvalue weighted by molar-refractivity contribution is 5.82. The lowest BCUT2D eigenvalue weighted by molar-refractivity contribution is -0.146. The van der Waals surface area contributed by atoms with E-state index in [1.165, 1.54) is 16.0 Å². The van der Waals surface area contributed by atoms with Crippen molar-refractivity contribution < 1.29 is 24.2 Å². The minimum atomic E-state index is -0.988. The van der Waals surface area contributed by atoms with E-state index in [4.69, 9.17) is 4.74 Å². The van der Waals surface area contributed by atoms with Gasteiger partial charge in [-0.05, 0) is 59.3 Å². The largest absolute Gasteiger partial charge is 0.480 e. The number of hydrogen-bond acceptors (Lipinski definition) is 4. The fourth-order valence-corrected chi connectivity index (χ4v) is 5.46. The van der Waals surface area contributed by atoms with Crippen LogP contribution in [0.25, 0.3) is 11.1 Å². The van der Waals surface area contributed by atoms with E-state index in [0.717, 1.165) is 43.2 Å². The zero-order valence-corrected chi connectivity index (χ0v) is 19.9. The summed E-state index contributed by atoms with van der Waals surface area (Å²) in [4.78, 5) is 38.3. The molecule has 3 aliphatic carbocycles. The lowest BCUT2D eigenvalue weighted by atomic mass is 9.66. The Hall–Kier alpha value is -3.35. The molecule has 2 fully saturated rings. The number of carbonyl (C=O) groups is 3. The van der Waals surface area contributed by atoms with Crippen LogP contribution in [-0.4, -0.2) is 54.2 Å². The molecule has 0 bridgehead atoms. The van der Waals surface area contributed by atoms with E-state index in [0.29, 0.717) is 19.0 Å². The Kier molecular flexibility index (Phi) is 6.50. The topological polar surface area (TPSA) is 95.9 Å². The number of hydrogen-bond donors (Lipinski definition) is 2. The third kappa shape index (κ3) is 5.19. The van der Waals surface area contributed by atoms with Crippen molar-refractivity contribution in [3.05, 3.63) is 59.7 Å². The van der Waals surface area contributed by atoms with Gasteiger partial charge in [-0.3, -0.25) is 9.59 Å². The summed E-state index contributed by atoms with van der Waals surface area (Å²) in [7, 11) is 0. The van der Waals surface area contributed by atoms with E-state index in [-0.39, 0.29) is 36.8 Å². The number of amides is 2. The van der Waals surface area contributed by atoms with Gasteiger partial charge < -0.3 is 20.1 Å². The van der Waals surface area contributed by atoms with E-state index in [2.05, 4.69) is 29.6 Å². The van der Waals surface area contributed by atoms with Gasteiger partial charge in [-0.15, -0.1) is 0 Å². The van der Waals surface area contributed by atoms with Gasteiger partial charge in [0.25, 0.3) is 0 Å². The van der Waals surface area contributed by atoms with E-state index in [1.54, 1.807) is 0 Å². The van der Waals surface area contributed by atoms with Crippen molar-refractivity contribution >= 4 is 18.0 Å². The average molecular weight is 477 g/mol. The first-order chi connectivity index (χ1) is 16.9. The first-order valence-electron chi connectivity index (χ1n) is 12.5. The number of nitrogens with one attached hydrogen (secondary N) is 1. The molecule has 2 amide bonds. The van der Waals surface area contributed by atoms with Gasteiger partial charge in [0.15, 0.2) is 0 Å². The van der Waals surface area contributed by atoms with Crippen LogP contribution in [0.3, 0.4) is 0 Å². The van der Waals surface area contributed by atoms with Crippen LogP contribution in [0, 0.1) is 11.3 Å². The molecule has 0 aliphatic heterocycles. The van der Waals surface area contributed by atoms with Gasteiger partial charge in [0.2, 0.25) is 5.91 Å². The smallest absolute Gasteiger partial charge is 0.407 e. The zero-order valence-electron chi connectivity index (χ0n) is 19.9. The predicted octanol–water partition coefficient (Wildman–Crippen LogP) is 4.41. The molecule has 35 heavy (non-hydrogen) atoms. The summed E-state index contributed by atoms with van der Waals surface area (Å²) in [5, 5.41) is 12.1. The molecule has 0 heterocycles. The Labute approximate surface area is 205 Å². The predicted molar refractivity (Wildman–Crippen MR) is 131 cm³/mol. The van der Waals surface area contributed by atoms with Crippen molar-refractivity contribution in [1.82, 2.24) is 10.2 Å². The summed E-state index contributed by atoms with van der Waals surface area (Å²) < 4.78 is 5.65. The number of carbonyl (C=O) groups excluding carboxylic acids is 2. The number of nitrogens with zero attached hydrogens (tertiary/aromatic N) is 1. The second-order valence-electron chi connectivity index (χ2n) is 10.3. The van der Waals surface area contributed by atoms with Crippen molar-refractivity contribution in [3.8, 4) is 11.1 Å². The molecule has 5 rings (SSSR count). The van der Waals surface area contributed by atoms with Gasteiger partial charge in [-0.2, -0.15) is 0 Å². The molecule has 2 saturated carbocycles. The third-order valence-electron chi connectivity index (χ3n) is 7.75. The number of rotatable bonds is 10. The number of carboxylic acids is 1. The molecule has 2 aromatic rings. The first kappa shape index (κ1) is 23.4. The molecule has 7 heteroatoms. The molecular formula is C28H32N2O5. The Bertz CT molecular complexity index is 1080. The number of carboxylic acid groups (broad SMARTS) is 1. The van der Waals surface area contributed by atoms with Gasteiger partial charge in [0.1, 0.15) is 13.2 Å². The first-order valence-corrected chi connectivity index (χ1v) is 12.5. The molecule has 3 aliphatic rings. The van der Waals surface area contributed by atoms with Crippen LogP contribution >= 0.6 is 0 Å². The second-order valence-corrected chi connectivity index (χ2v) is 10.3. The molecule has 2 N–H and O–H groups in total. The van der Waals surface area contributed by atoms with Crippen LogP contribution in [0.15, 0.2) is 48.5 Å². The summed E-state index contributed by atoms with van der Waals surface area (Å²) >= 11 is 0.